The zero-order valence-electron chi connectivity index (χ0n) is 21.6. The Morgan fingerprint density at radius 2 is 1.15 bits per heavy atom. The maximum atomic E-state index is 10.4. The molecular weight excluding hydrogens is 472 g/mol. The summed E-state index contributed by atoms with van der Waals surface area (Å²) in [4.78, 5) is 3.80. The Morgan fingerprint density at radius 3 is 1.82 bits per heavy atom. The van der Waals surface area contributed by atoms with E-state index in [2.05, 4.69) is 102 Å². The highest BCUT2D eigenvalue weighted by Crippen LogP contribution is 2.58. The summed E-state index contributed by atoms with van der Waals surface area (Å²) in [6.45, 7) is 0. The quantitative estimate of drug-likeness (QED) is 0.226. The molecule has 0 spiro atoms. The number of rotatable bonds is 0. The van der Waals surface area contributed by atoms with Gasteiger partial charge in [0.2, 0.25) is 0 Å². The lowest BCUT2D eigenvalue weighted by Crippen LogP contribution is -2.28. The molecule has 0 radical (unpaired) electrons. The van der Waals surface area contributed by atoms with E-state index in [1.165, 1.54) is 71.9 Å². The van der Waals surface area contributed by atoms with Gasteiger partial charge in [0.15, 0.2) is 0 Å². The van der Waals surface area contributed by atoms with E-state index >= 15 is 0 Å². The molecule has 4 aliphatic rings. The lowest BCUT2D eigenvalue weighted by molar-refractivity contribution is 0.759. The molecule has 1 aromatic heterocycles. The van der Waals surface area contributed by atoms with Gasteiger partial charge in [-0.1, -0.05) is 78.9 Å². The number of H-pyrrole nitrogens is 1. The molecule has 0 amide bonds. The monoisotopic (exact) mass is 498 g/mol. The third kappa shape index (κ3) is 2.85. The molecule has 39 heavy (non-hydrogen) atoms. The molecule has 10 rings (SSSR count). The number of aryl methyl sites for hydroxylation is 4. The maximum absolute atomic E-state index is 10.4. The number of hydrogen-bond donors (Lipinski definition) is 1. The van der Waals surface area contributed by atoms with Gasteiger partial charge in [-0.15, -0.1) is 0 Å². The van der Waals surface area contributed by atoms with Crippen molar-refractivity contribution in [2.24, 2.45) is 0 Å². The first kappa shape index (κ1) is 21.3. The molecule has 0 aliphatic heterocycles. The zero-order valence-corrected chi connectivity index (χ0v) is 21.6. The van der Waals surface area contributed by atoms with E-state index in [4.69, 9.17) is 0 Å². The molecule has 0 fully saturated rings. The summed E-state index contributed by atoms with van der Waals surface area (Å²) in [6, 6.07) is 36.5. The molecule has 0 atom stereocenters. The van der Waals surface area contributed by atoms with E-state index in [1.807, 2.05) is 0 Å². The van der Waals surface area contributed by atoms with Crippen molar-refractivity contribution in [1.82, 2.24) is 4.98 Å². The molecule has 4 aliphatic carbocycles. The maximum Gasteiger partial charge on any atom is 0.0995 e. The van der Waals surface area contributed by atoms with Crippen molar-refractivity contribution >= 4 is 21.8 Å². The molecule has 5 aromatic carbocycles. The molecular formula is C37H26N2. The van der Waals surface area contributed by atoms with Gasteiger partial charge >= 0.3 is 0 Å². The zero-order chi connectivity index (χ0) is 25.7. The minimum Gasteiger partial charge on any atom is -0.354 e. The number of benzene rings is 5. The van der Waals surface area contributed by atoms with Crippen LogP contribution in [0.5, 0.6) is 0 Å². The van der Waals surface area contributed by atoms with Crippen molar-refractivity contribution in [2.45, 2.75) is 37.5 Å². The SMILES string of the molecule is N#Cc1cc2[nH]c3cc4cc(c3c2c2c1C1c3ccccc3C2c2ccccc21)CCc1cccc(c1)CC4. The normalized spacial score (nSPS) is 18.3. The van der Waals surface area contributed by atoms with Gasteiger partial charge < -0.3 is 4.98 Å². The first-order chi connectivity index (χ1) is 19.3. The Bertz CT molecular complexity index is 2000. The van der Waals surface area contributed by atoms with E-state index in [0.29, 0.717) is 0 Å². The second-order valence-corrected chi connectivity index (χ2v) is 11.5. The van der Waals surface area contributed by atoms with Crippen LogP contribution >= 0.6 is 0 Å². The summed E-state index contributed by atoms with van der Waals surface area (Å²) >= 11 is 0. The third-order valence-electron chi connectivity index (χ3n) is 9.52. The number of nitrogens with zero attached hydrogens (tertiary/aromatic N) is 1. The van der Waals surface area contributed by atoms with Crippen LogP contribution in [0.4, 0.5) is 0 Å². The van der Waals surface area contributed by atoms with Crippen molar-refractivity contribution in [1.29, 1.82) is 5.26 Å². The summed E-state index contributed by atoms with van der Waals surface area (Å²) < 4.78 is 0. The van der Waals surface area contributed by atoms with E-state index in [1.54, 1.807) is 0 Å². The minimum absolute atomic E-state index is 0.0949. The molecule has 184 valence electrons. The molecule has 0 unspecified atom stereocenters. The molecule has 1 N–H and O–H groups in total. The fraction of sp³-hybridized carbons (Fsp3) is 0.162. The largest absolute Gasteiger partial charge is 0.354 e. The summed E-state index contributed by atoms with van der Waals surface area (Å²) in [7, 11) is 0. The van der Waals surface area contributed by atoms with Gasteiger partial charge in [-0.25, -0.2) is 0 Å². The number of hydrogen-bond acceptors (Lipinski definition) is 1. The molecule has 6 aromatic rings. The van der Waals surface area contributed by atoms with Crippen LogP contribution in [0, 0.1) is 11.3 Å². The van der Waals surface area contributed by atoms with Crippen molar-refractivity contribution < 1.29 is 0 Å². The van der Waals surface area contributed by atoms with E-state index in [0.717, 1.165) is 36.8 Å². The van der Waals surface area contributed by atoms with Crippen molar-refractivity contribution in [3.05, 3.63) is 152 Å². The number of nitriles is 1. The number of nitrogens with one attached hydrogen (secondary N) is 1. The average molecular weight is 499 g/mol. The van der Waals surface area contributed by atoms with Gasteiger partial charge in [0, 0.05) is 33.6 Å². The second kappa shape index (κ2) is 7.71. The van der Waals surface area contributed by atoms with Gasteiger partial charge in [-0.05, 0) is 93.5 Å². The number of fused-ring (bicyclic) bond motifs is 8. The van der Waals surface area contributed by atoms with Crippen LogP contribution in [0.25, 0.3) is 21.8 Å². The van der Waals surface area contributed by atoms with Crippen LogP contribution in [0.15, 0.2) is 91.0 Å². The predicted octanol–water partition coefficient (Wildman–Crippen LogP) is 8.06. The lowest BCUT2D eigenvalue weighted by atomic mass is 9.59. The standard InChI is InChI=1S/C37H26N2/c38-20-25-19-31-36(32-24-15-14-22-7-5-6-21(16-22)12-13-23(17-24)18-30(32)39-31)37-33(25)34-26-8-1-3-10-28(26)35(37)29-11-4-2-9-27(29)34/h1-11,16-19,34-35,39H,12-15H2. The molecule has 0 saturated heterocycles. The summed E-state index contributed by atoms with van der Waals surface area (Å²) in [5.74, 6) is 0.229. The van der Waals surface area contributed by atoms with Crippen LogP contribution in [0.1, 0.15) is 73.0 Å². The fourth-order valence-electron chi connectivity index (χ4n) is 7.98. The highest BCUT2D eigenvalue weighted by molar-refractivity contribution is 6.13. The Labute approximate surface area is 227 Å². The van der Waals surface area contributed by atoms with E-state index in [9.17, 15) is 5.26 Å². The van der Waals surface area contributed by atoms with E-state index < -0.39 is 0 Å². The van der Waals surface area contributed by atoms with Crippen molar-refractivity contribution in [3.63, 3.8) is 0 Å². The smallest absolute Gasteiger partial charge is 0.0995 e. The Balaban J connectivity index is 1.38. The third-order valence-corrected chi connectivity index (χ3v) is 9.52. The lowest BCUT2D eigenvalue weighted by Gasteiger charge is -2.43. The van der Waals surface area contributed by atoms with Crippen molar-refractivity contribution in [2.75, 3.05) is 0 Å². The van der Waals surface area contributed by atoms with Crippen LogP contribution in [0.3, 0.4) is 0 Å². The van der Waals surface area contributed by atoms with Crippen LogP contribution in [0.2, 0.25) is 0 Å². The highest BCUT2D eigenvalue weighted by Gasteiger charge is 2.44. The van der Waals surface area contributed by atoms with Crippen LogP contribution in [-0.4, -0.2) is 4.98 Å². The average Bonchev–Trinajstić information content (AvgIpc) is 3.36. The fourth-order valence-corrected chi connectivity index (χ4v) is 7.98. The van der Waals surface area contributed by atoms with Gasteiger partial charge in [0.25, 0.3) is 0 Å². The topological polar surface area (TPSA) is 39.6 Å². The molecule has 6 bridgehead atoms. The number of aromatic amines is 1. The minimum atomic E-state index is 0.0949. The first-order valence-corrected chi connectivity index (χ1v) is 14.1. The predicted molar refractivity (Wildman–Crippen MR) is 157 cm³/mol. The van der Waals surface area contributed by atoms with E-state index in [-0.39, 0.29) is 11.8 Å². The summed E-state index contributed by atoms with van der Waals surface area (Å²) in [5.41, 5.74) is 16.8. The summed E-state index contributed by atoms with van der Waals surface area (Å²) in [6.07, 6.45) is 4.14. The highest BCUT2D eigenvalue weighted by atomic mass is 14.7. The molecule has 2 nitrogen and oxygen atoms in total. The van der Waals surface area contributed by atoms with Crippen LogP contribution < -0.4 is 0 Å². The van der Waals surface area contributed by atoms with Gasteiger partial charge in [-0.3, -0.25) is 0 Å². The first-order valence-electron chi connectivity index (χ1n) is 14.1. The Kier molecular flexibility index (Phi) is 4.22. The molecule has 1 heterocycles. The second-order valence-electron chi connectivity index (χ2n) is 11.5. The summed E-state index contributed by atoms with van der Waals surface area (Å²) in [5, 5.41) is 13.1. The van der Waals surface area contributed by atoms with Gasteiger partial charge in [0.05, 0.1) is 11.6 Å². The van der Waals surface area contributed by atoms with Crippen LogP contribution in [-0.2, 0) is 25.7 Å². The molecule has 2 heteroatoms. The van der Waals surface area contributed by atoms with Gasteiger partial charge in [0.1, 0.15) is 0 Å². The van der Waals surface area contributed by atoms with Gasteiger partial charge in [-0.2, -0.15) is 5.26 Å². The molecule has 0 saturated carbocycles. The number of aromatic nitrogens is 1. The Hall–Kier alpha value is -4.61. The van der Waals surface area contributed by atoms with Crippen molar-refractivity contribution in [3.8, 4) is 6.07 Å². The Morgan fingerprint density at radius 1 is 0.564 bits per heavy atom.